The fourth-order valence-electron chi connectivity index (χ4n) is 1.88. The molecule has 0 unspecified atom stereocenters. The minimum Gasteiger partial charge on any atom is -0.481 e. The monoisotopic (exact) mass is 295 g/mol. The van der Waals surface area contributed by atoms with Crippen LogP contribution in [0, 0.1) is 0 Å². The molecule has 1 heterocycles. The molecule has 1 aliphatic heterocycles. The highest BCUT2D eigenvalue weighted by Crippen LogP contribution is 2.28. The van der Waals surface area contributed by atoms with Gasteiger partial charge in [-0.3, -0.25) is 4.79 Å². The van der Waals surface area contributed by atoms with Gasteiger partial charge in [0.25, 0.3) is 5.91 Å². The number of rotatable bonds is 2. The topological polar surface area (TPSA) is 29.5 Å². The van der Waals surface area contributed by atoms with Gasteiger partial charge in [-0.1, -0.05) is 22.0 Å². The molecule has 1 atom stereocenters. The number of hydrogen-bond donors (Lipinski definition) is 0. The van der Waals surface area contributed by atoms with E-state index in [0.29, 0.717) is 13.1 Å². The van der Waals surface area contributed by atoms with Crippen LogP contribution in [0.15, 0.2) is 35.3 Å². The van der Waals surface area contributed by atoms with Gasteiger partial charge in [-0.15, -0.1) is 6.58 Å². The number of benzene rings is 1. The lowest BCUT2D eigenvalue weighted by Gasteiger charge is -2.20. The zero-order valence-corrected chi connectivity index (χ0v) is 11.2. The summed E-state index contributed by atoms with van der Waals surface area (Å²) in [5, 5.41) is 0. The van der Waals surface area contributed by atoms with Crippen molar-refractivity contribution in [1.82, 2.24) is 4.90 Å². The molecular weight excluding hydrogens is 282 g/mol. The number of carbonyl (C=O) groups is 1. The molecule has 0 spiro atoms. The maximum absolute atomic E-state index is 12.0. The first-order chi connectivity index (χ1) is 8.11. The van der Waals surface area contributed by atoms with Crippen molar-refractivity contribution < 1.29 is 9.53 Å². The van der Waals surface area contributed by atoms with E-state index in [4.69, 9.17) is 4.74 Å². The molecule has 1 amide bonds. The van der Waals surface area contributed by atoms with E-state index in [9.17, 15) is 4.79 Å². The van der Waals surface area contributed by atoms with Gasteiger partial charge in [0.2, 0.25) is 0 Å². The Morgan fingerprint density at radius 2 is 2.41 bits per heavy atom. The van der Waals surface area contributed by atoms with Gasteiger partial charge in [0.1, 0.15) is 5.75 Å². The van der Waals surface area contributed by atoms with Crippen molar-refractivity contribution in [2.24, 2.45) is 0 Å². The van der Waals surface area contributed by atoms with Crippen LogP contribution >= 0.6 is 15.9 Å². The minimum absolute atomic E-state index is 0.00257. The summed E-state index contributed by atoms with van der Waals surface area (Å²) in [5.74, 6) is 0.776. The maximum atomic E-state index is 12.0. The largest absolute Gasteiger partial charge is 0.481 e. The standard InChI is InChI=1S/C13H14BrNO2/c1-3-6-15-8-10-7-11(14)4-5-12(10)17-9(2)13(15)16/h3-5,7,9H,1,6,8H2,2H3/t9-/m1/s1. The summed E-state index contributed by atoms with van der Waals surface area (Å²) < 4.78 is 6.64. The first-order valence-corrected chi connectivity index (χ1v) is 6.26. The Bertz CT molecular complexity index is 459. The van der Waals surface area contributed by atoms with Crippen LogP contribution in [0.3, 0.4) is 0 Å². The van der Waals surface area contributed by atoms with Crippen LogP contribution in [0.2, 0.25) is 0 Å². The first-order valence-electron chi connectivity index (χ1n) is 5.46. The Labute approximate surface area is 109 Å². The van der Waals surface area contributed by atoms with Gasteiger partial charge < -0.3 is 9.64 Å². The molecule has 17 heavy (non-hydrogen) atoms. The number of hydrogen-bond acceptors (Lipinski definition) is 2. The fourth-order valence-corrected chi connectivity index (χ4v) is 2.29. The van der Waals surface area contributed by atoms with Gasteiger partial charge in [-0.25, -0.2) is 0 Å². The molecular formula is C13H14BrNO2. The Hall–Kier alpha value is -1.29. The minimum atomic E-state index is -0.447. The van der Waals surface area contributed by atoms with Crippen molar-refractivity contribution in [3.8, 4) is 5.75 Å². The molecule has 3 nitrogen and oxygen atoms in total. The predicted molar refractivity (Wildman–Crippen MR) is 69.8 cm³/mol. The molecule has 0 fully saturated rings. The van der Waals surface area contributed by atoms with Crippen molar-refractivity contribution in [3.05, 3.63) is 40.9 Å². The Balaban J connectivity index is 2.37. The number of halogens is 1. The average Bonchev–Trinajstić information content (AvgIpc) is 2.40. The van der Waals surface area contributed by atoms with Crippen LogP contribution in [0.4, 0.5) is 0 Å². The lowest BCUT2D eigenvalue weighted by atomic mass is 10.2. The number of nitrogens with zero attached hydrogens (tertiary/aromatic N) is 1. The number of ether oxygens (including phenoxy) is 1. The van der Waals surface area contributed by atoms with Crippen LogP contribution in [0.25, 0.3) is 0 Å². The van der Waals surface area contributed by atoms with Gasteiger partial charge in [0.15, 0.2) is 6.10 Å². The molecule has 0 N–H and O–H groups in total. The summed E-state index contributed by atoms with van der Waals surface area (Å²) in [6, 6.07) is 5.79. The summed E-state index contributed by atoms with van der Waals surface area (Å²) in [6.45, 7) is 6.55. The number of carbonyl (C=O) groups excluding carboxylic acids is 1. The highest BCUT2D eigenvalue weighted by Gasteiger charge is 2.26. The SMILES string of the molecule is C=CCN1Cc2cc(Br)ccc2O[C@H](C)C1=O. The van der Waals surface area contributed by atoms with E-state index in [-0.39, 0.29) is 5.91 Å². The zero-order valence-electron chi connectivity index (χ0n) is 9.65. The molecule has 0 aliphatic carbocycles. The van der Waals surface area contributed by atoms with Gasteiger partial charge in [0, 0.05) is 23.1 Å². The molecule has 0 bridgehead atoms. The van der Waals surface area contributed by atoms with Crippen molar-refractivity contribution in [2.45, 2.75) is 19.6 Å². The summed E-state index contributed by atoms with van der Waals surface area (Å²) in [4.78, 5) is 13.8. The van der Waals surface area contributed by atoms with Crippen molar-refractivity contribution in [1.29, 1.82) is 0 Å². The summed E-state index contributed by atoms with van der Waals surface area (Å²) >= 11 is 3.43. The molecule has 1 aromatic carbocycles. The van der Waals surface area contributed by atoms with E-state index < -0.39 is 6.10 Å². The fraction of sp³-hybridized carbons (Fsp3) is 0.308. The molecule has 0 radical (unpaired) electrons. The van der Waals surface area contributed by atoms with Crippen LogP contribution in [-0.4, -0.2) is 23.5 Å². The summed E-state index contributed by atoms with van der Waals surface area (Å²) in [7, 11) is 0. The normalized spacial score (nSPS) is 19.3. The van der Waals surface area contributed by atoms with Crippen LogP contribution in [0.5, 0.6) is 5.75 Å². The van der Waals surface area contributed by atoms with Gasteiger partial charge >= 0.3 is 0 Å². The maximum Gasteiger partial charge on any atom is 0.263 e. The third-order valence-corrected chi connectivity index (χ3v) is 3.19. The predicted octanol–water partition coefficient (Wildman–Crippen LogP) is 2.74. The van der Waals surface area contributed by atoms with E-state index in [1.807, 2.05) is 18.2 Å². The second-order valence-corrected chi connectivity index (χ2v) is 4.94. The Kier molecular flexibility index (Phi) is 3.52. The number of fused-ring (bicyclic) bond motifs is 1. The molecule has 2 rings (SSSR count). The first kappa shape index (κ1) is 12.2. The second kappa shape index (κ2) is 4.92. The molecule has 0 saturated carbocycles. The number of amides is 1. The quantitative estimate of drug-likeness (QED) is 0.785. The third kappa shape index (κ3) is 2.52. The van der Waals surface area contributed by atoms with Crippen LogP contribution in [0.1, 0.15) is 12.5 Å². The van der Waals surface area contributed by atoms with Gasteiger partial charge in [0.05, 0.1) is 0 Å². The Morgan fingerprint density at radius 1 is 1.65 bits per heavy atom. The van der Waals surface area contributed by atoms with Crippen molar-refractivity contribution >= 4 is 21.8 Å². The van der Waals surface area contributed by atoms with Crippen LogP contribution < -0.4 is 4.74 Å². The summed E-state index contributed by atoms with van der Waals surface area (Å²) in [5.41, 5.74) is 1.01. The van der Waals surface area contributed by atoms with E-state index in [1.54, 1.807) is 17.9 Å². The Morgan fingerprint density at radius 3 is 3.12 bits per heavy atom. The van der Waals surface area contributed by atoms with Gasteiger partial charge in [-0.05, 0) is 25.1 Å². The molecule has 0 saturated heterocycles. The summed E-state index contributed by atoms with van der Waals surface area (Å²) in [6.07, 6.45) is 1.28. The van der Waals surface area contributed by atoms with E-state index in [0.717, 1.165) is 15.8 Å². The van der Waals surface area contributed by atoms with E-state index in [2.05, 4.69) is 22.5 Å². The lowest BCUT2D eigenvalue weighted by Crippen LogP contribution is -2.37. The van der Waals surface area contributed by atoms with Crippen LogP contribution in [-0.2, 0) is 11.3 Å². The lowest BCUT2D eigenvalue weighted by molar-refractivity contribution is -0.137. The molecule has 4 heteroatoms. The molecule has 90 valence electrons. The highest BCUT2D eigenvalue weighted by atomic mass is 79.9. The molecule has 1 aromatic rings. The molecule has 1 aliphatic rings. The molecule has 0 aromatic heterocycles. The highest BCUT2D eigenvalue weighted by molar-refractivity contribution is 9.10. The third-order valence-electron chi connectivity index (χ3n) is 2.70. The van der Waals surface area contributed by atoms with Crippen molar-refractivity contribution in [3.63, 3.8) is 0 Å². The second-order valence-electron chi connectivity index (χ2n) is 4.02. The van der Waals surface area contributed by atoms with E-state index in [1.165, 1.54) is 0 Å². The van der Waals surface area contributed by atoms with E-state index >= 15 is 0 Å². The average molecular weight is 296 g/mol. The smallest absolute Gasteiger partial charge is 0.263 e. The zero-order chi connectivity index (χ0) is 12.4. The van der Waals surface area contributed by atoms with Gasteiger partial charge in [-0.2, -0.15) is 0 Å². The van der Waals surface area contributed by atoms with Crippen molar-refractivity contribution in [2.75, 3.05) is 6.54 Å².